The molecule has 0 atom stereocenters. The molecule has 1 aromatic carbocycles. The van der Waals surface area contributed by atoms with Crippen LogP contribution < -0.4 is 0 Å². The first-order chi connectivity index (χ1) is 9.16. The Morgan fingerprint density at radius 2 is 1.84 bits per heavy atom. The van der Waals surface area contributed by atoms with Gasteiger partial charge >= 0.3 is 0 Å². The number of benzene rings is 1. The largest absolute Gasteiger partial charge is 0.216 e. The Bertz CT molecular complexity index is 752. The predicted molar refractivity (Wildman–Crippen MR) is 77.3 cm³/mol. The Balaban J connectivity index is 2.12. The molecule has 3 rings (SSSR count). The van der Waals surface area contributed by atoms with Crippen molar-refractivity contribution in [2.75, 3.05) is 0 Å². The van der Waals surface area contributed by atoms with Gasteiger partial charge in [0.15, 0.2) is 5.65 Å². The first kappa shape index (κ1) is 12.7. The molecule has 0 bridgehead atoms. The standard InChI is InChI=1S/C13H8Cl3N3/c14-10-4-2-1-3-8(10)7-9-12(15)18-11-5-6-17-19(11)13(9)16/h1-6H,7H2. The van der Waals surface area contributed by atoms with E-state index >= 15 is 0 Å². The average molecular weight is 313 g/mol. The zero-order valence-electron chi connectivity index (χ0n) is 9.65. The van der Waals surface area contributed by atoms with E-state index in [1.54, 1.807) is 16.8 Å². The number of rotatable bonds is 2. The molecule has 3 nitrogen and oxygen atoms in total. The highest BCUT2D eigenvalue weighted by atomic mass is 35.5. The van der Waals surface area contributed by atoms with Crippen molar-refractivity contribution in [3.63, 3.8) is 0 Å². The molecular formula is C13H8Cl3N3. The van der Waals surface area contributed by atoms with Crippen LogP contribution in [0.15, 0.2) is 36.5 Å². The number of hydrogen-bond donors (Lipinski definition) is 0. The Labute approximate surface area is 124 Å². The quantitative estimate of drug-likeness (QED) is 0.661. The Hall–Kier alpha value is -1.29. The maximum Gasteiger partial charge on any atom is 0.158 e. The molecule has 0 fully saturated rings. The Kier molecular flexibility index (Phi) is 3.35. The third-order valence-electron chi connectivity index (χ3n) is 2.84. The van der Waals surface area contributed by atoms with E-state index in [0.29, 0.717) is 33.0 Å². The predicted octanol–water partition coefficient (Wildman–Crippen LogP) is 4.28. The molecule has 2 heterocycles. The van der Waals surface area contributed by atoms with E-state index in [4.69, 9.17) is 34.8 Å². The van der Waals surface area contributed by atoms with Crippen LogP contribution in [0.3, 0.4) is 0 Å². The molecule has 6 heteroatoms. The van der Waals surface area contributed by atoms with Crippen molar-refractivity contribution < 1.29 is 0 Å². The first-order valence-corrected chi connectivity index (χ1v) is 6.71. The van der Waals surface area contributed by atoms with E-state index in [9.17, 15) is 0 Å². The third-order valence-corrected chi connectivity index (χ3v) is 3.91. The second-order valence-electron chi connectivity index (χ2n) is 4.04. The summed E-state index contributed by atoms with van der Waals surface area (Å²) < 4.78 is 1.56. The molecule has 2 aromatic heterocycles. The number of fused-ring (bicyclic) bond motifs is 1. The van der Waals surface area contributed by atoms with Gasteiger partial charge in [-0.05, 0) is 11.6 Å². The summed E-state index contributed by atoms with van der Waals surface area (Å²) in [5.41, 5.74) is 2.28. The minimum absolute atomic E-state index is 0.373. The molecule has 0 spiro atoms. The summed E-state index contributed by atoms with van der Waals surface area (Å²) in [6, 6.07) is 9.31. The van der Waals surface area contributed by atoms with Crippen LogP contribution >= 0.6 is 34.8 Å². The monoisotopic (exact) mass is 311 g/mol. The molecule has 0 saturated heterocycles. The van der Waals surface area contributed by atoms with Crippen LogP contribution in [0.2, 0.25) is 15.3 Å². The van der Waals surface area contributed by atoms with E-state index in [1.165, 1.54) is 0 Å². The number of hydrogen-bond acceptors (Lipinski definition) is 2. The van der Waals surface area contributed by atoms with Crippen molar-refractivity contribution >= 4 is 40.4 Å². The fourth-order valence-corrected chi connectivity index (χ4v) is 2.67. The topological polar surface area (TPSA) is 30.2 Å². The summed E-state index contributed by atoms with van der Waals surface area (Å²) >= 11 is 18.7. The zero-order chi connectivity index (χ0) is 13.4. The zero-order valence-corrected chi connectivity index (χ0v) is 11.9. The summed E-state index contributed by atoms with van der Waals surface area (Å²) in [6.45, 7) is 0. The van der Waals surface area contributed by atoms with Crippen molar-refractivity contribution in [1.82, 2.24) is 14.6 Å². The summed E-state index contributed by atoms with van der Waals surface area (Å²) in [6.07, 6.45) is 2.14. The number of halogens is 3. The second-order valence-corrected chi connectivity index (χ2v) is 5.16. The van der Waals surface area contributed by atoms with Crippen LogP contribution in [0.1, 0.15) is 11.1 Å². The molecule has 0 saturated carbocycles. The van der Waals surface area contributed by atoms with E-state index in [-0.39, 0.29) is 0 Å². The van der Waals surface area contributed by atoms with Gasteiger partial charge in [-0.25, -0.2) is 9.50 Å². The Morgan fingerprint density at radius 1 is 1.05 bits per heavy atom. The van der Waals surface area contributed by atoms with Crippen LogP contribution in [-0.2, 0) is 6.42 Å². The van der Waals surface area contributed by atoms with Crippen LogP contribution in [0.25, 0.3) is 5.65 Å². The van der Waals surface area contributed by atoms with Gasteiger partial charge in [0, 0.05) is 23.1 Å². The summed E-state index contributed by atoms with van der Waals surface area (Å²) in [5, 5.41) is 5.62. The molecule has 0 unspecified atom stereocenters. The van der Waals surface area contributed by atoms with E-state index in [0.717, 1.165) is 5.56 Å². The van der Waals surface area contributed by atoms with Gasteiger partial charge in [0.25, 0.3) is 0 Å². The smallest absolute Gasteiger partial charge is 0.158 e. The van der Waals surface area contributed by atoms with Gasteiger partial charge < -0.3 is 0 Å². The number of nitrogens with zero attached hydrogens (tertiary/aromatic N) is 3. The van der Waals surface area contributed by atoms with E-state index < -0.39 is 0 Å². The number of aromatic nitrogens is 3. The van der Waals surface area contributed by atoms with Crippen molar-refractivity contribution in [2.24, 2.45) is 0 Å². The van der Waals surface area contributed by atoms with Gasteiger partial charge in [-0.1, -0.05) is 53.0 Å². The fraction of sp³-hybridized carbons (Fsp3) is 0.0769. The third kappa shape index (κ3) is 2.29. The lowest BCUT2D eigenvalue weighted by molar-refractivity contribution is 0.917. The van der Waals surface area contributed by atoms with Crippen molar-refractivity contribution in [3.05, 3.63) is 63.0 Å². The normalized spacial score (nSPS) is 11.1. The molecule has 0 N–H and O–H groups in total. The maximum atomic E-state index is 6.32. The average Bonchev–Trinajstić information content (AvgIpc) is 2.84. The molecule has 3 aromatic rings. The summed E-state index contributed by atoms with van der Waals surface area (Å²) in [7, 11) is 0. The molecule has 0 aliphatic rings. The molecule has 96 valence electrons. The minimum Gasteiger partial charge on any atom is -0.216 e. The molecule has 0 aliphatic carbocycles. The highest BCUT2D eigenvalue weighted by molar-refractivity contribution is 6.35. The molecule has 19 heavy (non-hydrogen) atoms. The van der Waals surface area contributed by atoms with Gasteiger partial charge in [0.2, 0.25) is 0 Å². The van der Waals surface area contributed by atoms with Gasteiger partial charge in [-0.15, -0.1) is 0 Å². The molecule has 0 aliphatic heterocycles. The van der Waals surface area contributed by atoms with Crippen LogP contribution in [-0.4, -0.2) is 14.6 Å². The fourth-order valence-electron chi connectivity index (χ4n) is 1.89. The molecular weight excluding hydrogens is 305 g/mol. The van der Waals surface area contributed by atoms with Crippen LogP contribution in [0.5, 0.6) is 0 Å². The van der Waals surface area contributed by atoms with Crippen molar-refractivity contribution in [3.8, 4) is 0 Å². The summed E-state index contributed by atoms with van der Waals surface area (Å²) in [4.78, 5) is 4.26. The van der Waals surface area contributed by atoms with Crippen LogP contribution in [0.4, 0.5) is 0 Å². The molecule has 0 amide bonds. The lowest BCUT2D eigenvalue weighted by atomic mass is 10.1. The van der Waals surface area contributed by atoms with Gasteiger partial charge in [0.05, 0.1) is 6.20 Å². The SMILES string of the molecule is Clc1ccccc1Cc1c(Cl)nc2ccnn2c1Cl. The highest BCUT2D eigenvalue weighted by Crippen LogP contribution is 2.28. The maximum absolute atomic E-state index is 6.32. The lowest BCUT2D eigenvalue weighted by Gasteiger charge is -2.09. The van der Waals surface area contributed by atoms with Gasteiger partial charge in [-0.3, -0.25) is 0 Å². The van der Waals surface area contributed by atoms with Crippen molar-refractivity contribution in [2.45, 2.75) is 6.42 Å². The minimum atomic E-state index is 0.373. The molecule has 0 radical (unpaired) electrons. The van der Waals surface area contributed by atoms with Gasteiger partial charge in [-0.2, -0.15) is 5.10 Å². The van der Waals surface area contributed by atoms with Crippen LogP contribution in [0, 0.1) is 0 Å². The second kappa shape index (κ2) is 5.00. The van der Waals surface area contributed by atoms with E-state index in [2.05, 4.69) is 10.1 Å². The highest BCUT2D eigenvalue weighted by Gasteiger charge is 2.14. The van der Waals surface area contributed by atoms with Gasteiger partial charge in [0.1, 0.15) is 10.3 Å². The Morgan fingerprint density at radius 3 is 2.63 bits per heavy atom. The summed E-state index contributed by atoms with van der Waals surface area (Å²) in [5.74, 6) is 0. The van der Waals surface area contributed by atoms with E-state index in [1.807, 2.05) is 24.3 Å². The lowest BCUT2D eigenvalue weighted by Crippen LogP contribution is -2.01. The first-order valence-electron chi connectivity index (χ1n) is 5.58. The van der Waals surface area contributed by atoms with Crippen molar-refractivity contribution in [1.29, 1.82) is 0 Å².